The van der Waals surface area contributed by atoms with E-state index in [1.165, 1.54) is 11.3 Å². The van der Waals surface area contributed by atoms with Crippen LogP contribution in [-0.2, 0) is 11.3 Å². The van der Waals surface area contributed by atoms with Crippen LogP contribution >= 0.6 is 0 Å². The molecular formula is C20H27N3O. The fraction of sp³-hybridized carbons (Fsp3) is 0.350. The van der Waals surface area contributed by atoms with Crippen LogP contribution in [0.2, 0.25) is 0 Å². The van der Waals surface area contributed by atoms with E-state index in [2.05, 4.69) is 46.3 Å². The summed E-state index contributed by atoms with van der Waals surface area (Å²) in [5.74, 6) is 0.0207. The highest BCUT2D eigenvalue weighted by atomic mass is 16.2. The van der Waals surface area contributed by atoms with Crippen molar-refractivity contribution in [2.75, 3.05) is 37.4 Å². The summed E-state index contributed by atoms with van der Waals surface area (Å²) in [6.45, 7) is 6.08. The molecule has 0 heterocycles. The standard InChI is InChI=1S/C20H27N3O/c1-5-23(14-17-9-11-19(12-10-17)22(3)4)15-20(24)21-18-8-6-7-16(2)13-18/h6-13H,5,14-15H2,1-4H3,(H,21,24). The van der Waals surface area contributed by atoms with Crippen molar-refractivity contribution in [2.45, 2.75) is 20.4 Å². The predicted molar refractivity (Wildman–Crippen MR) is 102 cm³/mol. The van der Waals surface area contributed by atoms with Gasteiger partial charge in [0.2, 0.25) is 5.91 Å². The van der Waals surface area contributed by atoms with E-state index in [1.807, 2.05) is 45.3 Å². The Kier molecular flexibility index (Phi) is 6.38. The smallest absolute Gasteiger partial charge is 0.238 e. The van der Waals surface area contributed by atoms with Crippen LogP contribution < -0.4 is 10.2 Å². The van der Waals surface area contributed by atoms with Crippen molar-refractivity contribution in [3.63, 3.8) is 0 Å². The van der Waals surface area contributed by atoms with Crippen LogP contribution in [0.3, 0.4) is 0 Å². The molecule has 1 amide bonds. The van der Waals surface area contributed by atoms with Gasteiger partial charge >= 0.3 is 0 Å². The van der Waals surface area contributed by atoms with Crippen molar-refractivity contribution in [1.82, 2.24) is 4.90 Å². The topological polar surface area (TPSA) is 35.6 Å². The average Bonchev–Trinajstić information content (AvgIpc) is 2.54. The van der Waals surface area contributed by atoms with Crippen LogP contribution in [-0.4, -0.2) is 38.0 Å². The van der Waals surface area contributed by atoms with Crippen LogP contribution in [0.4, 0.5) is 11.4 Å². The maximum atomic E-state index is 12.3. The maximum absolute atomic E-state index is 12.3. The molecule has 0 spiro atoms. The van der Waals surface area contributed by atoms with Gasteiger partial charge in [-0.3, -0.25) is 9.69 Å². The molecule has 128 valence electrons. The van der Waals surface area contributed by atoms with E-state index < -0.39 is 0 Å². The van der Waals surface area contributed by atoms with Crippen LogP contribution in [0.1, 0.15) is 18.1 Å². The lowest BCUT2D eigenvalue weighted by molar-refractivity contribution is -0.117. The zero-order valence-corrected chi connectivity index (χ0v) is 15.0. The minimum atomic E-state index is 0.0207. The van der Waals surface area contributed by atoms with Gasteiger partial charge in [-0.2, -0.15) is 0 Å². The van der Waals surface area contributed by atoms with Crippen LogP contribution in [0.25, 0.3) is 0 Å². The number of carbonyl (C=O) groups excluding carboxylic acids is 1. The molecule has 2 aromatic carbocycles. The molecule has 0 saturated heterocycles. The molecule has 0 saturated carbocycles. The molecule has 1 N–H and O–H groups in total. The zero-order valence-electron chi connectivity index (χ0n) is 15.0. The van der Waals surface area contributed by atoms with E-state index in [4.69, 9.17) is 0 Å². The van der Waals surface area contributed by atoms with Crippen molar-refractivity contribution in [3.05, 3.63) is 59.7 Å². The summed E-state index contributed by atoms with van der Waals surface area (Å²) in [6.07, 6.45) is 0. The number of rotatable bonds is 7. The van der Waals surface area contributed by atoms with Gasteiger partial charge in [0.05, 0.1) is 6.54 Å². The van der Waals surface area contributed by atoms with Gasteiger partial charge in [0, 0.05) is 32.0 Å². The van der Waals surface area contributed by atoms with Gasteiger partial charge in [0.25, 0.3) is 0 Å². The highest BCUT2D eigenvalue weighted by molar-refractivity contribution is 5.92. The number of hydrogen-bond donors (Lipinski definition) is 1. The molecule has 0 atom stereocenters. The number of amides is 1. The molecule has 4 heteroatoms. The molecule has 0 aliphatic carbocycles. The summed E-state index contributed by atoms with van der Waals surface area (Å²) >= 11 is 0. The quantitative estimate of drug-likeness (QED) is 0.846. The van der Waals surface area contributed by atoms with E-state index in [0.717, 1.165) is 24.3 Å². The highest BCUT2D eigenvalue weighted by Gasteiger charge is 2.10. The number of nitrogens with zero attached hydrogens (tertiary/aromatic N) is 2. The second kappa shape index (κ2) is 8.50. The van der Waals surface area contributed by atoms with Crippen molar-refractivity contribution in [2.24, 2.45) is 0 Å². The fourth-order valence-electron chi connectivity index (χ4n) is 2.56. The minimum Gasteiger partial charge on any atom is -0.378 e. The number of carbonyl (C=O) groups is 1. The summed E-state index contributed by atoms with van der Waals surface area (Å²) in [4.78, 5) is 16.5. The number of benzene rings is 2. The van der Waals surface area contributed by atoms with Gasteiger partial charge in [-0.05, 0) is 48.9 Å². The van der Waals surface area contributed by atoms with Gasteiger partial charge in [-0.15, -0.1) is 0 Å². The predicted octanol–water partition coefficient (Wildman–Crippen LogP) is 3.52. The molecule has 0 aromatic heterocycles. The van der Waals surface area contributed by atoms with E-state index in [0.29, 0.717) is 6.54 Å². The van der Waals surface area contributed by atoms with E-state index >= 15 is 0 Å². The van der Waals surface area contributed by atoms with Crippen LogP contribution in [0.15, 0.2) is 48.5 Å². The first-order chi connectivity index (χ1) is 11.5. The van der Waals surface area contributed by atoms with Crippen molar-refractivity contribution in [3.8, 4) is 0 Å². The SMILES string of the molecule is CCN(CC(=O)Nc1cccc(C)c1)Cc1ccc(N(C)C)cc1. The lowest BCUT2D eigenvalue weighted by Gasteiger charge is -2.20. The van der Waals surface area contributed by atoms with E-state index in [1.54, 1.807) is 0 Å². The Balaban J connectivity index is 1.92. The Morgan fingerprint density at radius 2 is 1.79 bits per heavy atom. The average molecular weight is 325 g/mol. The van der Waals surface area contributed by atoms with Gasteiger partial charge < -0.3 is 10.2 Å². The number of aryl methyl sites for hydroxylation is 1. The monoisotopic (exact) mass is 325 g/mol. The molecule has 0 bridgehead atoms. The summed E-state index contributed by atoms with van der Waals surface area (Å²) in [6, 6.07) is 16.3. The molecule has 0 unspecified atom stereocenters. The van der Waals surface area contributed by atoms with Gasteiger partial charge in [-0.25, -0.2) is 0 Å². The third kappa shape index (κ3) is 5.39. The van der Waals surface area contributed by atoms with Gasteiger partial charge in [-0.1, -0.05) is 31.2 Å². The Bertz CT molecular complexity index is 665. The maximum Gasteiger partial charge on any atom is 0.238 e. The summed E-state index contributed by atoms with van der Waals surface area (Å²) in [5.41, 5.74) is 4.39. The molecule has 2 rings (SSSR count). The third-order valence-electron chi connectivity index (χ3n) is 3.98. The van der Waals surface area contributed by atoms with Crippen molar-refractivity contribution in [1.29, 1.82) is 0 Å². The highest BCUT2D eigenvalue weighted by Crippen LogP contribution is 2.14. The molecule has 2 aromatic rings. The largest absolute Gasteiger partial charge is 0.378 e. The first kappa shape index (κ1) is 18.0. The first-order valence-corrected chi connectivity index (χ1v) is 8.33. The van der Waals surface area contributed by atoms with Crippen molar-refractivity contribution >= 4 is 17.3 Å². The number of hydrogen-bond acceptors (Lipinski definition) is 3. The molecule has 0 radical (unpaired) electrons. The summed E-state index contributed by atoms with van der Waals surface area (Å²) < 4.78 is 0. The first-order valence-electron chi connectivity index (χ1n) is 8.33. The molecule has 24 heavy (non-hydrogen) atoms. The molecule has 0 fully saturated rings. The third-order valence-corrected chi connectivity index (χ3v) is 3.98. The Hall–Kier alpha value is -2.33. The van der Waals surface area contributed by atoms with Gasteiger partial charge in [0.1, 0.15) is 0 Å². The zero-order chi connectivity index (χ0) is 17.5. The fourth-order valence-corrected chi connectivity index (χ4v) is 2.56. The molecule has 0 aliphatic heterocycles. The number of anilines is 2. The number of likely N-dealkylation sites (N-methyl/N-ethyl adjacent to an activating group) is 1. The van der Waals surface area contributed by atoms with Crippen LogP contribution in [0.5, 0.6) is 0 Å². The van der Waals surface area contributed by atoms with Gasteiger partial charge in [0.15, 0.2) is 0 Å². The molecule has 4 nitrogen and oxygen atoms in total. The lowest BCUT2D eigenvalue weighted by Crippen LogP contribution is -2.32. The second-order valence-electron chi connectivity index (χ2n) is 6.28. The Morgan fingerprint density at radius 3 is 2.38 bits per heavy atom. The molecular weight excluding hydrogens is 298 g/mol. The summed E-state index contributed by atoms with van der Waals surface area (Å²) in [5, 5.41) is 2.97. The van der Waals surface area contributed by atoms with E-state index in [-0.39, 0.29) is 5.91 Å². The normalized spacial score (nSPS) is 10.7. The Labute approximate surface area is 145 Å². The van der Waals surface area contributed by atoms with Crippen LogP contribution in [0, 0.1) is 6.92 Å². The second-order valence-corrected chi connectivity index (χ2v) is 6.28. The summed E-state index contributed by atoms with van der Waals surface area (Å²) in [7, 11) is 4.06. The minimum absolute atomic E-state index is 0.0207. The van der Waals surface area contributed by atoms with Crippen molar-refractivity contribution < 1.29 is 4.79 Å². The number of nitrogens with one attached hydrogen (secondary N) is 1. The van der Waals surface area contributed by atoms with E-state index in [9.17, 15) is 4.79 Å². The Morgan fingerprint density at radius 1 is 1.08 bits per heavy atom. The lowest BCUT2D eigenvalue weighted by atomic mass is 10.2. The molecule has 0 aliphatic rings.